The molecule has 0 amide bonds. The fourth-order valence-corrected chi connectivity index (χ4v) is 3.30. The Balaban J connectivity index is 1.56. The molecule has 0 aliphatic heterocycles. The summed E-state index contributed by atoms with van der Waals surface area (Å²) in [5.74, 6) is -1.02. The van der Waals surface area contributed by atoms with Crippen molar-refractivity contribution in [3.8, 4) is 17.1 Å². The molecule has 4 aromatic rings. The number of anilines is 2. The van der Waals surface area contributed by atoms with Gasteiger partial charge in [0.05, 0.1) is 16.8 Å². The Hall–Kier alpha value is -4.03. The van der Waals surface area contributed by atoms with Crippen LogP contribution in [0.1, 0.15) is 11.1 Å². The summed E-state index contributed by atoms with van der Waals surface area (Å²) < 4.78 is 55.3. The van der Waals surface area contributed by atoms with Gasteiger partial charge in [0.2, 0.25) is 11.9 Å². The molecule has 2 aromatic carbocycles. The number of hydrazone groups is 1. The fraction of sp³-hybridized carbons (Fsp3) is 0.0870. The third-order valence-corrected chi connectivity index (χ3v) is 5.09. The highest BCUT2D eigenvalue weighted by atomic mass is 35.5. The summed E-state index contributed by atoms with van der Waals surface area (Å²) in [6, 6.07) is 12.6. The van der Waals surface area contributed by atoms with Crippen LogP contribution in [0.3, 0.4) is 0 Å². The number of aromatic nitrogens is 4. The molecule has 0 radical (unpaired) electrons. The van der Waals surface area contributed by atoms with E-state index in [1.54, 1.807) is 18.3 Å². The topological polar surface area (TPSA) is 97.2 Å². The van der Waals surface area contributed by atoms with Crippen molar-refractivity contribution in [2.45, 2.75) is 12.9 Å². The molecular formula is C23H15Cl2F4N7O. The summed E-state index contributed by atoms with van der Waals surface area (Å²) in [6.07, 6.45) is -1.90. The molecule has 0 bridgehead atoms. The van der Waals surface area contributed by atoms with Crippen LogP contribution < -0.4 is 15.5 Å². The minimum absolute atomic E-state index is 0.0324. The van der Waals surface area contributed by atoms with Crippen molar-refractivity contribution in [3.63, 3.8) is 0 Å². The van der Waals surface area contributed by atoms with E-state index in [9.17, 15) is 17.6 Å². The molecule has 190 valence electrons. The van der Waals surface area contributed by atoms with E-state index in [1.165, 1.54) is 36.5 Å². The molecule has 0 unspecified atom stereocenters. The smallest absolute Gasteiger partial charge is 0.406 e. The minimum Gasteiger partial charge on any atom is -0.406 e. The van der Waals surface area contributed by atoms with Crippen molar-refractivity contribution in [3.05, 3.63) is 87.9 Å². The quantitative estimate of drug-likeness (QED) is 0.114. The van der Waals surface area contributed by atoms with Gasteiger partial charge < -0.3 is 10.1 Å². The van der Waals surface area contributed by atoms with Gasteiger partial charge in [-0.05, 0) is 53.6 Å². The second kappa shape index (κ2) is 11.4. The minimum atomic E-state index is -4.79. The Kier molecular flexibility index (Phi) is 7.99. The molecule has 2 aromatic heterocycles. The Bertz CT molecular complexity index is 1380. The largest absolute Gasteiger partial charge is 0.573 e. The number of benzene rings is 2. The number of nitrogens with zero attached hydrogens (tertiary/aromatic N) is 5. The number of ether oxygens (including phenoxy) is 1. The van der Waals surface area contributed by atoms with Gasteiger partial charge in [-0.3, -0.25) is 0 Å². The van der Waals surface area contributed by atoms with Crippen LogP contribution in [0.25, 0.3) is 11.4 Å². The van der Waals surface area contributed by atoms with Gasteiger partial charge in [-0.25, -0.2) is 14.8 Å². The summed E-state index contributed by atoms with van der Waals surface area (Å²) in [4.78, 5) is 16.7. The molecule has 8 nitrogen and oxygen atoms in total. The maximum Gasteiger partial charge on any atom is 0.573 e. The van der Waals surface area contributed by atoms with Crippen molar-refractivity contribution < 1.29 is 22.3 Å². The average Bonchev–Trinajstić information content (AvgIpc) is 2.84. The molecule has 0 saturated carbocycles. The lowest BCUT2D eigenvalue weighted by molar-refractivity contribution is -0.274. The van der Waals surface area contributed by atoms with Crippen molar-refractivity contribution in [1.82, 2.24) is 19.9 Å². The number of pyridine rings is 1. The molecule has 14 heteroatoms. The molecule has 37 heavy (non-hydrogen) atoms. The highest BCUT2D eigenvalue weighted by Gasteiger charge is 2.30. The molecule has 0 saturated heterocycles. The van der Waals surface area contributed by atoms with Gasteiger partial charge in [-0.15, -0.1) is 13.2 Å². The van der Waals surface area contributed by atoms with Crippen LogP contribution in [0.15, 0.2) is 65.9 Å². The zero-order valence-electron chi connectivity index (χ0n) is 18.5. The predicted molar refractivity (Wildman–Crippen MR) is 131 cm³/mol. The Labute approximate surface area is 217 Å². The first kappa shape index (κ1) is 26.0. The fourth-order valence-electron chi connectivity index (χ4n) is 2.94. The predicted octanol–water partition coefficient (Wildman–Crippen LogP) is 6.34. The zero-order valence-corrected chi connectivity index (χ0v) is 20.0. The lowest BCUT2D eigenvalue weighted by Crippen LogP contribution is -2.17. The van der Waals surface area contributed by atoms with Crippen molar-refractivity contribution in [1.29, 1.82) is 0 Å². The van der Waals surface area contributed by atoms with Crippen LogP contribution in [-0.2, 0) is 6.54 Å². The second-order valence-corrected chi connectivity index (χ2v) is 8.03. The van der Waals surface area contributed by atoms with Crippen LogP contribution in [-0.4, -0.2) is 32.5 Å². The summed E-state index contributed by atoms with van der Waals surface area (Å²) >= 11 is 12.0. The molecule has 0 spiro atoms. The lowest BCUT2D eigenvalue weighted by Gasteiger charge is -2.10. The van der Waals surface area contributed by atoms with Crippen LogP contribution >= 0.6 is 23.2 Å². The van der Waals surface area contributed by atoms with Crippen LogP contribution in [0.4, 0.5) is 29.5 Å². The number of halogens is 6. The van der Waals surface area contributed by atoms with Crippen LogP contribution in [0, 0.1) is 5.82 Å². The molecule has 0 fully saturated rings. The first-order valence-corrected chi connectivity index (χ1v) is 11.1. The molecular weight excluding hydrogens is 537 g/mol. The Morgan fingerprint density at radius 2 is 1.70 bits per heavy atom. The first-order valence-electron chi connectivity index (χ1n) is 10.4. The van der Waals surface area contributed by atoms with E-state index in [0.29, 0.717) is 10.7 Å². The van der Waals surface area contributed by atoms with Gasteiger partial charge in [0.25, 0.3) is 0 Å². The van der Waals surface area contributed by atoms with Gasteiger partial charge in [-0.1, -0.05) is 35.3 Å². The van der Waals surface area contributed by atoms with Crippen molar-refractivity contribution >= 4 is 41.3 Å². The maximum atomic E-state index is 14.5. The molecule has 0 atom stereocenters. The van der Waals surface area contributed by atoms with Gasteiger partial charge >= 0.3 is 6.36 Å². The van der Waals surface area contributed by atoms with Gasteiger partial charge in [0.1, 0.15) is 16.7 Å². The van der Waals surface area contributed by atoms with Crippen molar-refractivity contribution in [2.75, 3.05) is 10.7 Å². The monoisotopic (exact) mass is 551 g/mol. The van der Waals surface area contributed by atoms with E-state index in [0.717, 1.165) is 17.7 Å². The first-order chi connectivity index (χ1) is 17.7. The normalized spacial score (nSPS) is 11.5. The van der Waals surface area contributed by atoms with Crippen LogP contribution in [0.2, 0.25) is 10.2 Å². The standard InChI is InChI=1S/C23H15Cl2F4N7O/c24-16-2-1-3-17(26)19(16)20-33-21(31-11-14-6-9-18(25)30-10-14)35-22(34-20)36-32-12-13-4-7-15(8-5-13)37-23(27,28)29/h1-10,12H,11H2,(H2,31,33,34,35,36). The summed E-state index contributed by atoms with van der Waals surface area (Å²) in [7, 11) is 0. The number of alkyl halides is 3. The van der Waals surface area contributed by atoms with E-state index in [1.807, 2.05) is 0 Å². The van der Waals surface area contributed by atoms with E-state index < -0.39 is 12.2 Å². The maximum absolute atomic E-state index is 14.5. The summed E-state index contributed by atoms with van der Waals surface area (Å²) in [5.41, 5.74) is 3.81. The molecule has 2 heterocycles. The summed E-state index contributed by atoms with van der Waals surface area (Å²) in [5, 5.41) is 7.42. The van der Waals surface area contributed by atoms with Gasteiger partial charge in [0.15, 0.2) is 5.82 Å². The van der Waals surface area contributed by atoms with E-state index in [2.05, 4.69) is 40.5 Å². The van der Waals surface area contributed by atoms with Gasteiger partial charge in [0, 0.05) is 12.7 Å². The number of hydrogen-bond donors (Lipinski definition) is 2. The second-order valence-electron chi connectivity index (χ2n) is 7.23. The van der Waals surface area contributed by atoms with E-state index in [4.69, 9.17) is 23.2 Å². The van der Waals surface area contributed by atoms with Crippen molar-refractivity contribution in [2.24, 2.45) is 5.10 Å². The molecule has 0 aliphatic carbocycles. The molecule has 2 N–H and O–H groups in total. The lowest BCUT2D eigenvalue weighted by atomic mass is 10.2. The third-order valence-electron chi connectivity index (χ3n) is 4.55. The molecule has 0 aliphatic rings. The third kappa shape index (κ3) is 7.48. The number of nitrogens with one attached hydrogen (secondary N) is 2. The number of rotatable bonds is 8. The average molecular weight is 552 g/mol. The SMILES string of the molecule is Fc1cccc(Cl)c1-c1nc(NCc2ccc(Cl)nc2)nc(NN=Cc2ccc(OC(F)(F)F)cc2)n1. The Morgan fingerprint density at radius 3 is 2.38 bits per heavy atom. The summed E-state index contributed by atoms with van der Waals surface area (Å²) in [6.45, 7) is 0.272. The Morgan fingerprint density at radius 1 is 0.946 bits per heavy atom. The molecule has 4 rings (SSSR count). The zero-order chi connectivity index (χ0) is 26.4. The van der Waals surface area contributed by atoms with E-state index >= 15 is 0 Å². The van der Waals surface area contributed by atoms with E-state index in [-0.39, 0.29) is 40.6 Å². The van der Waals surface area contributed by atoms with Gasteiger partial charge in [-0.2, -0.15) is 20.1 Å². The highest BCUT2D eigenvalue weighted by molar-refractivity contribution is 6.33. The highest BCUT2D eigenvalue weighted by Crippen LogP contribution is 2.29. The van der Waals surface area contributed by atoms with Crippen LogP contribution in [0.5, 0.6) is 5.75 Å². The number of hydrogen-bond acceptors (Lipinski definition) is 8.